The lowest BCUT2D eigenvalue weighted by Gasteiger charge is -2.19. The Hall–Kier alpha value is -2.18. The van der Waals surface area contributed by atoms with Gasteiger partial charge in [-0.2, -0.15) is 0 Å². The number of rotatable bonds is 37. The van der Waals surface area contributed by atoms with Crippen molar-refractivity contribution in [3.05, 3.63) is 48.6 Å². The molecule has 0 spiro atoms. The van der Waals surface area contributed by atoms with Crippen LogP contribution in [0.5, 0.6) is 0 Å². The van der Waals surface area contributed by atoms with Crippen LogP contribution in [0.4, 0.5) is 0 Å². The number of allylic oxidation sites excluding steroid dienone is 8. The molecule has 6 heteroatoms. The number of ether oxygens (including phenoxy) is 2. The lowest BCUT2D eigenvalue weighted by molar-refractivity contribution is -0.147. The number of esters is 2. The standard InChI is InChI=1S/C44H80N2O4/c1-5-7-9-11-13-15-17-19-21-23-25-27-29-31-33-36-43(47)49-40-42(45-38-35-39-46(3)4)41-50-44(48)37-34-32-30-28-26-24-22-20-18-16-14-12-10-8-6-2/h13-16,19-22,42,45H,5-12,17-18,23-41H2,1-4H3/b15-13-,16-14-,21-19-,22-20-. The number of hydrogen-bond donors (Lipinski definition) is 1. The van der Waals surface area contributed by atoms with Crippen molar-refractivity contribution in [2.75, 3.05) is 40.4 Å². The van der Waals surface area contributed by atoms with Crippen LogP contribution in [0.3, 0.4) is 0 Å². The highest BCUT2D eigenvalue weighted by Gasteiger charge is 2.14. The lowest BCUT2D eigenvalue weighted by Crippen LogP contribution is -2.40. The average Bonchev–Trinajstić information content (AvgIpc) is 3.10. The molecule has 0 bridgehead atoms. The summed E-state index contributed by atoms with van der Waals surface area (Å²) in [6, 6.07) is -0.181. The number of carbonyl (C=O) groups is 2. The van der Waals surface area contributed by atoms with Crippen molar-refractivity contribution in [3.63, 3.8) is 0 Å². The van der Waals surface area contributed by atoms with Gasteiger partial charge in [-0.15, -0.1) is 0 Å². The Bertz CT molecular complexity index is 802. The zero-order valence-corrected chi connectivity index (χ0v) is 33.3. The van der Waals surface area contributed by atoms with Crippen molar-refractivity contribution in [2.45, 2.75) is 180 Å². The minimum absolute atomic E-state index is 0.160. The fraction of sp³-hybridized carbons (Fsp3) is 0.773. The third-order valence-electron chi connectivity index (χ3n) is 8.77. The van der Waals surface area contributed by atoms with E-state index >= 15 is 0 Å². The minimum atomic E-state index is -0.181. The molecule has 0 aromatic rings. The highest BCUT2D eigenvalue weighted by molar-refractivity contribution is 5.69. The van der Waals surface area contributed by atoms with E-state index in [4.69, 9.17) is 9.47 Å². The van der Waals surface area contributed by atoms with E-state index in [9.17, 15) is 9.59 Å². The van der Waals surface area contributed by atoms with Crippen LogP contribution in [0, 0.1) is 0 Å². The summed E-state index contributed by atoms with van der Waals surface area (Å²) in [6.07, 6.45) is 45.7. The van der Waals surface area contributed by atoms with Gasteiger partial charge >= 0.3 is 11.9 Å². The predicted octanol–water partition coefficient (Wildman–Crippen LogP) is 11.6. The Balaban J connectivity index is 4.03. The highest BCUT2D eigenvalue weighted by Crippen LogP contribution is 2.11. The molecule has 0 aromatic carbocycles. The average molecular weight is 701 g/mol. The first-order valence-electron chi connectivity index (χ1n) is 20.8. The first-order chi connectivity index (χ1) is 24.5. The molecule has 0 fully saturated rings. The second-order valence-corrected chi connectivity index (χ2v) is 14.1. The van der Waals surface area contributed by atoms with Gasteiger partial charge in [0.1, 0.15) is 13.2 Å². The minimum Gasteiger partial charge on any atom is -0.464 e. The zero-order chi connectivity index (χ0) is 36.6. The van der Waals surface area contributed by atoms with Crippen LogP contribution in [0.25, 0.3) is 0 Å². The molecule has 0 amide bonds. The fourth-order valence-corrected chi connectivity index (χ4v) is 5.56. The molecule has 0 aromatic heterocycles. The van der Waals surface area contributed by atoms with E-state index in [0.717, 1.165) is 83.7 Å². The number of nitrogens with zero attached hydrogens (tertiary/aromatic N) is 1. The van der Waals surface area contributed by atoms with Gasteiger partial charge in [-0.1, -0.05) is 127 Å². The van der Waals surface area contributed by atoms with E-state index in [-0.39, 0.29) is 31.2 Å². The van der Waals surface area contributed by atoms with E-state index in [1.807, 2.05) is 0 Å². The largest absolute Gasteiger partial charge is 0.464 e. The third-order valence-corrected chi connectivity index (χ3v) is 8.77. The van der Waals surface area contributed by atoms with Crippen LogP contribution in [0.15, 0.2) is 48.6 Å². The topological polar surface area (TPSA) is 67.9 Å². The smallest absolute Gasteiger partial charge is 0.305 e. The second kappa shape index (κ2) is 39.6. The first kappa shape index (κ1) is 47.8. The lowest BCUT2D eigenvalue weighted by atomic mass is 10.1. The van der Waals surface area contributed by atoms with E-state index in [1.165, 1.54) is 77.0 Å². The molecular weight excluding hydrogens is 620 g/mol. The highest BCUT2D eigenvalue weighted by atomic mass is 16.5. The maximum Gasteiger partial charge on any atom is 0.305 e. The van der Waals surface area contributed by atoms with Crippen LogP contribution < -0.4 is 5.32 Å². The van der Waals surface area contributed by atoms with Crippen molar-refractivity contribution in [2.24, 2.45) is 0 Å². The number of hydrogen-bond acceptors (Lipinski definition) is 6. The predicted molar refractivity (Wildman–Crippen MR) is 216 cm³/mol. The summed E-state index contributed by atoms with van der Waals surface area (Å²) in [5, 5.41) is 3.43. The molecule has 1 N–H and O–H groups in total. The molecule has 0 aliphatic heterocycles. The Morgan fingerprint density at radius 3 is 1.30 bits per heavy atom. The van der Waals surface area contributed by atoms with Crippen molar-refractivity contribution in [1.29, 1.82) is 0 Å². The molecule has 0 aliphatic carbocycles. The van der Waals surface area contributed by atoms with Gasteiger partial charge in [0, 0.05) is 12.8 Å². The zero-order valence-electron chi connectivity index (χ0n) is 33.3. The van der Waals surface area contributed by atoms with Crippen molar-refractivity contribution < 1.29 is 19.1 Å². The van der Waals surface area contributed by atoms with Crippen LogP contribution in [0.2, 0.25) is 0 Å². The molecule has 0 rings (SSSR count). The van der Waals surface area contributed by atoms with Gasteiger partial charge in [-0.3, -0.25) is 9.59 Å². The summed E-state index contributed by atoms with van der Waals surface area (Å²) in [4.78, 5) is 27.0. The number of carbonyl (C=O) groups excluding carboxylic acids is 2. The molecule has 0 atom stereocenters. The molecule has 0 heterocycles. The summed E-state index contributed by atoms with van der Waals surface area (Å²) >= 11 is 0. The Morgan fingerprint density at radius 1 is 0.520 bits per heavy atom. The second-order valence-electron chi connectivity index (χ2n) is 14.1. The van der Waals surface area contributed by atoms with Gasteiger partial charge in [0.15, 0.2) is 0 Å². The summed E-state index contributed by atoms with van der Waals surface area (Å²) in [5.41, 5.74) is 0. The van der Waals surface area contributed by atoms with Gasteiger partial charge in [0.2, 0.25) is 0 Å². The summed E-state index contributed by atoms with van der Waals surface area (Å²) in [5.74, 6) is -0.320. The van der Waals surface area contributed by atoms with Crippen LogP contribution >= 0.6 is 0 Å². The van der Waals surface area contributed by atoms with Crippen LogP contribution in [0.1, 0.15) is 174 Å². The molecule has 0 radical (unpaired) electrons. The SMILES string of the molecule is CCCCC/C=C\C/C=C\CCCCCCCC(=O)OCC(COC(=O)CCCCCCC/C=C\C/C=C\CCCCC)NCCCN(C)C. The third kappa shape index (κ3) is 38.6. The van der Waals surface area contributed by atoms with Crippen molar-refractivity contribution in [1.82, 2.24) is 10.2 Å². The molecule has 290 valence electrons. The van der Waals surface area contributed by atoms with E-state index in [0.29, 0.717) is 12.8 Å². The van der Waals surface area contributed by atoms with Crippen LogP contribution in [-0.4, -0.2) is 63.3 Å². The molecule has 0 saturated carbocycles. The molecular formula is C44H80N2O4. The summed E-state index contributed by atoms with van der Waals surface area (Å²) in [7, 11) is 4.11. The monoisotopic (exact) mass is 701 g/mol. The normalized spacial score (nSPS) is 12.2. The van der Waals surface area contributed by atoms with Gasteiger partial charge in [-0.05, 0) is 111 Å². The fourth-order valence-electron chi connectivity index (χ4n) is 5.56. The number of nitrogens with one attached hydrogen (secondary N) is 1. The number of unbranched alkanes of at least 4 members (excludes halogenated alkanes) is 16. The quantitative estimate of drug-likeness (QED) is 0.0395. The van der Waals surface area contributed by atoms with Gasteiger partial charge in [-0.25, -0.2) is 0 Å². The van der Waals surface area contributed by atoms with Gasteiger partial charge < -0.3 is 19.7 Å². The molecule has 50 heavy (non-hydrogen) atoms. The van der Waals surface area contributed by atoms with E-state index in [2.05, 4.69) is 86.8 Å². The molecule has 6 nitrogen and oxygen atoms in total. The van der Waals surface area contributed by atoms with E-state index < -0.39 is 0 Å². The van der Waals surface area contributed by atoms with Crippen molar-refractivity contribution in [3.8, 4) is 0 Å². The molecule has 0 saturated heterocycles. The molecule has 0 aliphatic rings. The summed E-state index contributed by atoms with van der Waals surface area (Å²) < 4.78 is 11.2. The van der Waals surface area contributed by atoms with Crippen LogP contribution in [-0.2, 0) is 19.1 Å². The first-order valence-corrected chi connectivity index (χ1v) is 20.8. The van der Waals surface area contributed by atoms with Gasteiger partial charge in [0.25, 0.3) is 0 Å². The Morgan fingerprint density at radius 2 is 0.900 bits per heavy atom. The maximum absolute atomic E-state index is 12.4. The van der Waals surface area contributed by atoms with E-state index in [1.54, 1.807) is 0 Å². The molecule has 0 unspecified atom stereocenters. The Labute approximate surface area is 310 Å². The van der Waals surface area contributed by atoms with Gasteiger partial charge in [0.05, 0.1) is 6.04 Å². The summed E-state index contributed by atoms with van der Waals surface area (Å²) in [6.45, 7) is 6.71. The maximum atomic E-state index is 12.4. The van der Waals surface area contributed by atoms with Crippen molar-refractivity contribution >= 4 is 11.9 Å². The Kier molecular flexibility index (Phi) is 37.9.